The van der Waals surface area contributed by atoms with Crippen molar-refractivity contribution in [2.75, 3.05) is 23.7 Å². The quantitative estimate of drug-likeness (QED) is 0.671. The lowest BCUT2D eigenvalue weighted by Crippen LogP contribution is -2.45. The summed E-state index contributed by atoms with van der Waals surface area (Å²) in [5.74, 6) is 0.0973. The molecule has 0 bridgehead atoms. The van der Waals surface area contributed by atoms with E-state index in [0.717, 1.165) is 12.0 Å². The van der Waals surface area contributed by atoms with Gasteiger partial charge in [0.2, 0.25) is 0 Å². The molecule has 0 aliphatic carbocycles. The summed E-state index contributed by atoms with van der Waals surface area (Å²) >= 11 is 5.37. The van der Waals surface area contributed by atoms with Gasteiger partial charge >= 0.3 is 5.69 Å². The van der Waals surface area contributed by atoms with Crippen LogP contribution in [0.4, 0.5) is 11.5 Å². The van der Waals surface area contributed by atoms with E-state index >= 15 is 0 Å². The van der Waals surface area contributed by atoms with Gasteiger partial charge in [-0.15, -0.1) is 0 Å². The molecule has 134 valence electrons. The second-order valence-electron chi connectivity index (χ2n) is 5.54. The number of nitrogens with one attached hydrogen (secondary N) is 2. The Bertz CT molecular complexity index is 844. The third-order valence-electron chi connectivity index (χ3n) is 3.76. The first-order valence-electron chi connectivity index (χ1n) is 8.21. The molecule has 0 atom stereocenters. The summed E-state index contributed by atoms with van der Waals surface area (Å²) in [6.07, 6.45) is 0.900. The van der Waals surface area contributed by atoms with Crippen LogP contribution in [0.1, 0.15) is 25.8 Å². The first-order chi connectivity index (χ1) is 12.0. The average molecular weight is 361 g/mol. The number of nitrogens with zero attached hydrogens (tertiary/aromatic N) is 2. The summed E-state index contributed by atoms with van der Waals surface area (Å²) in [4.78, 5) is 28.5. The zero-order valence-corrected chi connectivity index (χ0v) is 15.2. The Kier molecular flexibility index (Phi) is 6.35. The standard InChI is InChI=1S/C17H23N5O2S/c1-3-10-19-17(25)21(4-2)13-14(18)22(16(24)20-15(13)23)11-12-8-6-5-7-9-12/h5-9H,3-4,10-11,18H2,1-2H3,(H,19,25)(H,20,23,24). The van der Waals surface area contributed by atoms with Gasteiger partial charge in [-0.1, -0.05) is 37.3 Å². The van der Waals surface area contributed by atoms with Crippen molar-refractivity contribution in [2.24, 2.45) is 0 Å². The van der Waals surface area contributed by atoms with Crippen LogP contribution in [0.25, 0.3) is 0 Å². The third-order valence-corrected chi connectivity index (χ3v) is 4.12. The topological polar surface area (TPSA) is 96.2 Å². The molecule has 0 spiro atoms. The molecule has 2 rings (SSSR count). The summed E-state index contributed by atoms with van der Waals surface area (Å²) in [5.41, 5.74) is 6.19. The molecule has 0 saturated heterocycles. The van der Waals surface area contributed by atoms with Crippen LogP contribution >= 0.6 is 12.2 Å². The van der Waals surface area contributed by atoms with Crippen LogP contribution in [-0.4, -0.2) is 27.8 Å². The maximum absolute atomic E-state index is 12.4. The molecular formula is C17H23N5O2S. The van der Waals surface area contributed by atoms with Crippen molar-refractivity contribution < 1.29 is 0 Å². The van der Waals surface area contributed by atoms with Crippen molar-refractivity contribution in [1.29, 1.82) is 0 Å². The van der Waals surface area contributed by atoms with Gasteiger partial charge in [0.25, 0.3) is 5.56 Å². The Morgan fingerprint density at radius 1 is 1.28 bits per heavy atom. The predicted octanol–water partition coefficient (Wildman–Crippen LogP) is 1.28. The number of thiocarbonyl (C=S) groups is 1. The van der Waals surface area contributed by atoms with Crippen LogP contribution < -0.4 is 27.2 Å². The maximum atomic E-state index is 12.4. The summed E-state index contributed by atoms with van der Waals surface area (Å²) in [6, 6.07) is 9.44. The van der Waals surface area contributed by atoms with Crippen LogP contribution in [0.15, 0.2) is 39.9 Å². The van der Waals surface area contributed by atoms with Crippen molar-refractivity contribution in [3.8, 4) is 0 Å². The highest BCUT2D eigenvalue weighted by Gasteiger charge is 2.20. The lowest BCUT2D eigenvalue weighted by molar-refractivity contribution is 0.729. The summed E-state index contributed by atoms with van der Waals surface area (Å²) in [7, 11) is 0. The first kappa shape index (κ1) is 18.7. The second kappa shape index (κ2) is 8.48. The minimum Gasteiger partial charge on any atom is -0.383 e. The van der Waals surface area contributed by atoms with E-state index in [1.54, 1.807) is 4.90 Å². The van der Waals surface area contributed by atoms with Crippen molar-refractivity contribution in [3.05, 3.63) is 56.7 Å². The van der Waals surface area contributed by atoms with Gasteiger partial charge in [0.1, 0.15) is 5.82 Å². The lowest BCUT2D eigenvalue weighted by atomic mass is 10.2. The second-order valence-corrected chi connectivity index (χ2v) is 5.93. The Balaban J connectivity index is 2.48. The number of aromatic nitrogens is 2. The molecule has 4 N–H and O–H groups in total. The van der Waals surface area contributed by atoms with Gasteiger partial charge in [-0.05, 0) is 31.1 Å². The molecule has 1 aromatic heterocycles. The van der Waals surface area contributed by atoms with Crippen molar-refractivity contribution in [3.63, 3.8) is 0 Å². The highest BCUT2D eigenvalue weighted by atomic mass is 32.1. The zero-order valence-electron chi connectivity index (χ0n) is 14.4. The number of nitrogens with two attached hydrogens (primary N) is 1. The lowest BCUT2D eigenvalue weighted by Gasteiger charge is -2.25. The van der Waals surface area contributed by atoms with E-state index in [9.17, 15) is 9.59 Å². The molecule has 0 radical (unpaired) electrons. The van der Waals surface area contributed by atoms with Crippen LogP contribution in [0.3, 0.4) is 0 Å². The van der Waals surface area contributed by atoms with Gasteiger partial charge in [0, 0.05) is 13.1 Å². The number of nitrogen functional groups attached to an aromatic ring is 1. The van der Waals surface area contributed by atoms with Gasteiger partial charge < -0.3 is 16.0 Å². The monoisotopic (exact) mass is 361 g/mol. The summed E-state index contributed by atoms with van der Waals surface area (Å²) in [5, 5.41) is 3.49. The van der Waals surface area contributed by atoms with E-state index in [4.69, 9.17) is 18.0 Å². The van der Waals surface area contributed by atoms with Gasteiger partial charge in [0.15, 0.2) is 10.8 Å². The molecule has 0 aliphatic rings. The molecule has 25 heavy (non-hydrogen) atoms. The molecule has 2 aromatic rings. The molecule has 0 saturated carbocycles. The Labute approximate surface area is 151 Å². The number of rotatable bonds is 6. The molecule has 0 aliphatic heterocycles. The third kappa shape index (κ3) is 4.27. The van der Waals surface area contributed by atoms with E-state index < -0.39 is 11.2 Å². The normalized spacial score (nSPS) is 10.5. The number of H-pyrrole nitrogens is 1. The highest BCUT2D eigenvalue weighted by molar-refractivity contribution is 7.80. The molecule has 8 heteroatoms. The van der Waals surface area contributed by atoms with Crippen LogP contribution in [-0.2, 0) is 6.54 Å². The molecule has 7 nitrogen and oxygen atoms in total. The molecular weight excluding hydrogens is 338 g/mol. The fourth-order valence-corrected chi connectivity index (χ4v) is 2.81. The van der Waals surface area contributed by atoms with Crippen molar-refractivity contribution in [1.82, 2.24) is 14.9 Å². The average Bonchev–Trinajstić information content (AvgIpc) is 2.61. The zero-order chi connectivity index (χ0) is 18.4. The summed E-state index contributed by atoms with van der Waals surface area (Å²) in [6.45, 7) is 5.30. The van der Waals surface area contributed by atoms with E-state index in [-0.39, 0.29) is 18.1 Å². The number of hydrogen-bond donors (Lipinski definition) is 3. The van der Waals surface area contributed by atoms with E-state index in [1.165, 1.54) is 4.57 Å². The highest BCUT2D eigenvalue weighted by Crippen LogP contribution is 2.17. The van der Waals surface area contributed by atoms with Crippen LogP contribution in [0.2, 0.25) is 0 Å². The number of aromatic amines is 1. The Morgan fingerprint density at radius 2 is 1.96 bits per heavy atom. The molecule has 0 unspecified atom stereocenters. The Hall–Kier alpha value is -2.61. The molecule has 0 fully saturated rings. The van der Waals surface area contributed by atoms with Crippen molar-refractivity contribution >= 4 is 28.8 Å². The minimum absolute atomic E-state index is 0.0973. The maximum Gasteiger partial charge on any atom is 0.330 e. The van der Waals surface area contributed by atoms with Gasteiger partial charge in [0.05, 0.1) is 6.54 Å². The molecule has 0 amide bonds. The number of benzene rings is 1. The summed E-state index contributed by atoms with van der Waals surface area (Å²) < 4.78 is 1.34. The van der Waals surface area contributed by atoms with Gasteiger partial charge in [-0.2, -0.15) is 0 Å². The van der Waals surface area contributed by atoms with Crippen LogP contribution in [0.5, 0.6) is 0 Å². The van der Waals surface area contributed by atoms with Gasteiger partial charge in [-0.25, -0.2) is 4.79 Å². The van der Waals surface area contributed by atoms with Gasteiger partial charge in [-0.3, -0.25) is 14.3 Å². The Morgan fingerprint density at radius 3 is 2.56 bits per heavy atom. The minimum atomic E-state index is -0.547. The largest absolute Gasteiger partial charge is 0.383 e. The number of anilines is 2. The fraction of sp³-hybridized carbons (Fsp3) is 0.353. The predicted molar refractivity (Wildman–Crippen MR) is 105 cm³/mol. The van der Waals surface area contributed by atoms with E-state index in [2.05, 4.69) is 10.3 Å². The number of hydrogen-bond acceptors (Lipinski definition) is 4. The van der Waals surface area contributed by atoms with Crippen LogP contribution in [0, 0.1) is 0 Å². The first-order valence-corrected chi connectivity index (χ1v) is 8.62. The SMILES string of the molecule is CCCNC(=S)N(CC)c1c(N)n(Cc2ccccc2)c(=O)[nH]c1=O. The van der Waals surface area contributed by atoms with Crippen molar-refractivity contribution in [2.45, 2.75) is 26.8 Å². The van der Waals surface area contributed by atoms with E-state index in [1.807, 2.05) is 44.2 Å². The van der Waals surface area contributed by atoms with E-state index in [0.29, 0.717) is 18.2 Å². The molecule has 1 heterocycles. The smallest absolute Gasteiger partial charge is 0.330 e. The fourth-order valence-electron chi connectivity index (χ4n) is 2.49. The molecule has 1 aromatic carbocycles.